The van der Waals surface area contributed by atoms with Crippen LogP contribution in [-0.2, 0) is 4.79 Å². The first kappa shape index (κ1) is 17.0. The number of hydrogen-bond acceptors (Lipinski definition) is 3. The molecular formula is C16H22BrN3O2. The van der Waals surface area contributed by atoms with Gasteiger partial charge in [-0.3, -0.25) is 9.59 Å². The largest absolute Gasteiger partial charge is 0.356 e. The van der Waals surface area contributed by atoms with Gasteiger partial charge in [-0.15, -0.1) is 0 Å². The van der Waals surface area contributed by atoms with Gasteiger partial charge in [0.2, 0.25) is 5.91 Å². The van der Waals surface area contributed by atoms with Crippen LogP contribution in [0.3, 0.4) is 0 Å². The molecule has 1 fully saturated rings. The van der Waals surface area contributed by atoms with Crippen molar-refractivity contribution in [3.63, 3.8) is 0 Å². The molecule has 1 heterocycles. The molecule has 1 aromatic rings. The zero-order valence-electron chi connectivity index (χ0n) is 12.5. The van der Waals surface area contributed by atoms with Crippen molar-refractivity contribution in [1.29, 1.82) is 0 Å². The summed E-state index contributed by atoms with van der Waals surface area (Å²) in [7, 11) is 0. The minimum atomic E-state index is -0.0917. The van der Waals surface area contributed by atoms with Gasteiger partial charge in [0.1, 0.15) is 0 Å². The summed E-state index contributed by atoms with van der Waals surface area (Å²) in [4.78, 5) is 23.8. The Kier molecular flexibility index (Phi) is 6.86. The summed E-state index contributed by atoms with van der Waals surface area (Å²) in [6.45, 7) is 2.99. The van der Waals surface area contributed by atoms with Crippen LogP contribution in [0, 0.1) is 5.92 Å². The first-order valence-electron chi connectivity index (χ1n) is 7.69. The summed E-state index contributed by atoms with van der Waals surface area (Å²) in [6.07, 6.45) is 2.55. The Hall–Kier alpha value is -1.40. The molecule has 6 heteroatoms. The van der Waals surface area contributed by atoms with Crippen LogP contribution >= 0.6 is 15.9 Å². The number of halogens is 1. The minimum Gasteiger partial charge on any atom is -0.356 e. The maximum Gasteiger partial charge on any atom is 0.251 e. The molecule has 1 saturated heterocycles. The summed E-state index contributed by atoms with van der Waals surface area (Å²) in [5, 5.41) is 9.05. The van der Waals surface area contributed by atoms with Crippen LogP contribution in [0.4, 0.5) is 0 Å². The highest BCUT2D eigenvalue weighted by atomic mass is 79.9. The Morgan fingerprint density at radius 2 is 1.91 bits per heavy atom. The molecule has 22 heavy (non-hydrogen) atoms. The molecule has 1 aromatic carbocycles. The normalized spacial score (nSPS) is 15.3. The third kappa shape index (κ3) is 5.42. The SMILES string of the molecule is O=C(NCCCNC(=O)C1CCNCC1)c1cccc(Br)c1. The lowest BCUT2D eigenvalue weighted by atomic mass is 9.97. The zero-order chi connectivity index (χ0) is 15.8. The molecule has 0 radical (unpaired) electrons. The molecule has 2 amide bonds. The van der Waals surface area contributed by atoms with Crippen molar-refractivity contribution in [3.8, 4) is 0 Å². The number of hydrogen-bond donors (Lipinski definition) is 3. The van der Waals surface area contributed by atoms with Crippen molar-refractivity contribution in [1.82, 2.24) is 16.0 Å². The summed E-state index contributed by atoms with van der Waals surface area (Å²) in [5.74, 6) is 0.184. The number of carbonyl (C=O) groups excluding carboxylic acids is 2. The molecule has 0 bridgehead atoms. The van der Waals surface area contributed by atoms with E-state index in [-0.39, 0.29) is 17.7 Å². The molecule has 0 aliphatic carbocycles. The topological polar surface area (TPSA) is 70.2 Å². The van der Waals surface area contributed by atoms with E-state index in [0.717, 1.165) is 36.8 Å². The molecule has 2 rings (SSSR count). The molecular weight excluding hydrogens is 346 g/mol. The van der Waals surface area contributed by atoms with E-state index >= 15 is 0 Å². The molecule has 0 spiro atoms. The second-order valence-corrected chi connectivity index (χ2v) is 6.35. The minimum absolute atomic E-state index is 0.0917. The van der Waals surface area contributed by atoms with Gasteiger partial charge < -0.3 is 16.0 Å². The number of piperidine rings is 1. The van der Waals surface area contributed by atoms with Crippen LogP contribution in [-0.4, -0.2) is 38.0 Å². The van der Waals surface area contributed by atoms with Crippen molar-refractivity contribution in [2.75, 3.05) is 26.2 Å². The van der Waals surface area contributed by atoms with Gasteiger partial charge >= 0.3 is 0 Å². The smallest absolute Gasteiger partial charge is 0.251 e. The number of rotatable bonds is 6. The highest BCUT2D eigenvalue weighted by Gasteiger charge is 2.20. The van der Waals surface area contributed by atoms with Gasteiger partial charge in [-0.2, -0.15) is 0 Å². The van der Waals surface area contributed by atoms with Crippen LogP contribution in [0.15, 0.2) is 28.7 Å². The average molecular weight is 368 g/mol. The molecule has 0 unspecified atom stereocenters. The second-order valence-electron chi connectivity index (χ2n) is 5.44. The lowest BCUT2D eigenvalue weighted by Crippen LogP contribution is -2.39. The van der Waals surface area contributed by atoms with E-state index in [1.807, 2.05) is 12.1 Å². The van der Waals surface area contributed by atoms with E-state index < -0.39 is 0 Å². The predicted octanol–water partition coefficient (Wildman–Crippen LogP) is 1.68. The van der Waals surface area contributed by atoms with Crippen LogP contribution in [0.5, 0.6) is 0 Å². The van der Waals surface area contributed by atoms with Crippen molar-refractivity contribution >= 4 is 27.7 Å². The van der Waals surface area contributed by atoms with E-state index in [4.69, 9.17) is 0 Å². The second kappa shape index (κ2) is 8.90. The first-order chi connectivity index (χ1) is 10.7. The van der Waals surface area contributed by atoms with Gasteiger partial charge in [0.05, 0.1) is 0 Å². The summed E-state index contributed by atoms with van der Waals surface area (Å²) in [5.41, 5.74) is 0.633. The summed E-state index contributed by atoms with van der Waals surface area (Å²) >= 11 is 3.35. The fourth-order valence-electron chi connectivity index (χ4n) is 2.46. The van der Waals surface area contributed by atoms with Crippen LogP contribution in [0.1, 0.15) is 29.6 Å². The highest BCUT2D eigenvalue weighted by Crippen LogP contribution is 2.12. The van der Waals surface area contributed by atoms with E-state index in [0.29, 0.717) is 18.7 Å². The van der Waals surface area contributed by atoms with Crippen molar-refractivity contribution in [3.05, 3.63) is 34.3 Å². The number of benzene rings is 1. The Morgan fingerprint density at radius 1 is 1.18 bits per heavy atom. The molecule has 120 valence electrons. The van der Waals surface area contributed by atoms with Crippen molar-refractivity contribution in [2.45, 2.75) is 19.3 Å². The van der Waals surface area contributed by atoms with Gasteiger partial charge in [0, 0.05) is 29.0 Å². The molecule has 1 aliphatic rings. The Balaban J connectivity index is 1.60. The lowest BCUT2D eigenvalue weighted by molar-refractivity contribution is -0.125. The van der Waals surface area contributed by atoms with Gasteiger partial charge in [-0.25, -0.2) is 0 Å². The van der Waals surface area contributed by atoms with Gasteiger partial charge in [-0.05, 0) is 50.6 Å². The fourth-order valence-corrected chi connectivity index (χ4v) is 2.86. The fraction of sp³-hybridized carbons (Fsp3) is 0.500. The molecule has 3 N–H and O–H groups in total. The average Bonchev–Trinajstić information content (AvgIpc) is 2.55. The maximum atomic E-state index is 11.9. The number of carbonyl (C=O) groups is 2. The quantitative estimate of drug-likeness (QED) is 0.670. The van der Waals surface area contributed by atoms with Crippen LogP contribution in [0.25, 0.3) is 0 Å². The van der Waals surface area contributed by atoms with E-state index in [2.05, 4.69) is 31.9 Å². The number of amides is 2. The van der Waals surface area contributed by atoms with Crippen molar-refractivity contribution in [2.24, 2.45) is 5.92 Å². The zero-order valence-corrected chi connectivity index (χ0v) is 14.1. The predicted molar refractivity (Wildman–Crippen MR) is 89.7 cm³/mol. The van der Waals surface area contributed by atoms with Gasteiger partial charge in [0.25, 0.3) is 5.91 Å². The standard InChI is InChI=1S/C16H22BrN3O2/c17-14-4-1-3-13(11-14)16(22)20-8-2-7-19-15(21)12-5-9-18-10-6-12/h1,3-4,11-12,18H,2,5-10H2,(H,19,21)(H,20,22). The Morgan fingerprint density at radius 3 is 2.64 bits per heavy atom. The van der Waals surface area contributed by atoms with Gasteiger partial charge in [0.15, 0.2) is 0 Å². The molecule has 0 saturated carbocycles. The third-order valence-corrected chi connectivity index (χ3v) is 4.23. The van der Waals surface area contributed by atoms with Crippen LogP contribution in [0.2, 0.25) is 0 Å². The van der Waals surface area contributed by atoms with Gasteiger partial charge in [-0.1, -0.05) is 22.0 Å². The summed E-state index contributed by atoms with van der Waals surface area (Å²) in [6, 6.07) is 7.28. The molecule has 1 aliphatic heterocycles. The molecule has 5 nitrogen and oxygen atoms in total. The molecule has 0 aromatic heterocycles. The highest BCUT2D eigenvalue weighted by molar-refractivity contribution is 9.10. The third-order valence-electron chi connectivity index (χ3n) is 3.74. The first-order valence-corrected chi connectivity index (χ1v) is 8.48. The van der Waals surface area contributed by atoms with E-state index in [1.165, 1.54) is 0 Å². The lowest BCUT2D eigenvalue weighted by Gasteiger charge is -2.21. The monoisotopic (exact) mass is 367 g/mol. The van der Waals surface area contributed by atoms with Crippen molar-refractivity contribution < 1.29 is 9.59 Å². The van der Waals surface area contributed by atoms with E-state index in [1.54, 1.807) is 12.1 Å². The summed E-state index contributed by atoms with van der Waals surface area (Å²) < 4.78 is 0.884. The Labute approximate surface area is 139 Å². The van der Waals surface area contributed by atoms with E-state index in [9.17, 15) is 9.59 Å². The Bertz CT molecular complexity index is 516. The number of nitrogens with one attached hydrogen (secondary N) is 3. The van der Waals surface area contributed by atoms with Crippen LogP contribution < -0.4 is 16.0 Å². The maximum absolute atomic E-state index is 11.9. The molecule has 0 atom stereocenters.